The largest absolute Gasteiger partial charge is 0.416 e. The third-order valence-electron chi connectivity index (χ3n) is 7.86. The zero-order valence-electron chi connectivity index (χ0n) is 21.9. The van der Waals surface area contributed by atoms with Gasteiger partial charge < -0.3 is 19.6 Å². The summed E-state index contributed by atoms with van der Waals surface area (Å²) in [6.45, 7) is 2.14. The first-order valence-electron chi connectivity index (χ1n) is 12.8. The standard InChI is InChI=1S/C28H32F6N2O3/c1-16-6-4-5-7-21(16)25-22-14-36(26(38)35(2)3)13-17(22)8-9-23(25)39-24(15-37)18-10-19(27(29,30)31)12-20(11-18)28(32,33)34/h4-7,10-12,17,22-25,37H,8-9,13-15H2,1-3H3/t17-,22-,23+,24?,25+/m1/s1. The fourth-order valence-electron chi connectivity index (χ4n) is 6.03. The molecule has 1 saturated heterocycles. The zero-order valence-corrected chi connectivity index (χ0v) is 21.9. The fourth-order valence-corrected chi connectivity index (χ4v) is 6.03. The number of nitrogens with zero attached hydrogens (tertiary/aromatic N) is 2. The van der Waals surface area contributed by atoms with Crippen LogP contribution in [0.4, 0.5) is 31.1 Å². The summed E-state index contributed by atoms with van der Waals surface area (Å²) in [6, 6.07) is 8.77. The number of benzene rings is 2. The molecule has 2 fully saturated rings. The van der Waals surface area contributed by atoms with Crippen molar-refractivity contribution in [3.8, 4) is 0 Å². The Kier molecular flexibility index (Phi) is 8.23. The molecule has 1 saturated carbocycles. The van der Waals surface area contributed by atoms with Crippen LogP contribution < -0.4 is 0 Å². The van der Waals surface area contributed by atoms with E-state index >= 15 is 0 Å². The van der Waals surface area contributed by atoms with E-state index < -0.39 is 42.3 Å². The molecule has 0 bridgehead atoms. The number of fused-ring (bicyclic) bond motifs is 1. The molecule has 5 nitrogen and oxygen atoms in total. The lowest BCUT2D eigenvalue weighted by Crippen LogP contribution is -2.40. The topological polar surface area (TPSA) is 53.0 Å². The molecule has 2 aromatic rings. The summed E-state index contributed by atoms with van der Waals surface area (Å²) in [6.07, 6.45) is -10.9. The van der Waals surface area contributed by atoms with Crippen molar-refractivity contribution in [3.05, 3.63) is 70.3 Å². The molecule has 1 unspecified atom stereocenters. The van der Waals surface area contributed by atoms with Crippen LogP contribution in [0.5, 0.6) is 0 Å². The van der Waals surface area contributed by atoms with E-state index in [-0.39, 0.29) is 35.4 Å². The van der Waals surface area contributed by atoms with Crippen molar-refractivity contribution in [2.45, 2.75) is 50.2 Å². The molecule has 11 heteroatoms. The predicted molar refractivity (Wildman–Crippen MR) is 132 cm³/mol. The Bertz CT molecular complexity index is 1150. The zero-order chi connectivity index (χ0) is 28.7. The third kappa shape index (κ3) is 6.19. The summed E-state index contributed by atoms with van der Waals surface area (Å²) in [5.41, 5.74) is -1.38. The number of aryl methyl sites for hydroxylation is 1. The summed E-state index contributed by atoms with van der Waals surface area (Å²) >= 11 is 0. The van der Waals surface area contributed by atoms with Gasteiger partial charge in [0.2, 0.25) is 0 Å². The molecule has 2 aromatic carbocycles. The summed E-state index contributed by atoms with van der Waals surface area (Å²) < 4.78 is 87.2. The van der Waals surface area contributed by atoms with E-state index in [9.17, 15) is 36.2 Å². The van der Waals surface area contributed by atoms with Crippen molar-refractivity contribution in [1.82, 2.24) is 9.80 Å². The highest BCUT2D eigenvalue weighted by Gasteiger charge is 2.48. The summed E-state index contributed by atoms with van der Waals surface area (Å²) in [5, 5.41) is 10.1. The number of rotatable bonds is 5. The van der Waals surface area contributed by atoms with Crippen molar-refractivity contribution in [2.24, 2.45) is 11.8 Å². The Balaban J connectivity index is 1.71. The molecule has 214 valence electrons. The first-order chi connectivity index (χ1) is 18.2. The highest BCUT2D eigenvalue weighted by Crippen LogP contribution is 2.49. The number of alkyl halides is 6. The number of hydrogen-bond donors (Lipinski definition) is 1. The number of amides is 2. The number of carbonyl (C=O) groups is 1. The number of ether oxygens (including phenoxy) is 1. The van der Waals surface area contributed by atoms with Crippen LogP contribution >= 0.6 is 0 Å². The van der Waals surface area contributed by atoms with Gasteiger partial charge in [-0.25, -0.2) is 4.79 Å². The Morgan fingerprint density at radius 1 is 1.03 bits per heavy atom. The number of likely N-dealkylation sites (tertiary alicyclic amines) is 1. The molecule has 39 heavy (non-hydrogen) atoms. The van der Waals surface area contributed by atoms with Crippen LogP contribution in [0.3, 0.4) is 0 Å². The molecule has 5 atom stereocenters. The first-order valence-corrected chi connectivity index (χ1v) is 12.8. The van der Waals surface area contributed by atoms with Gasteiger partial charge in [-0.3, -0.25) is 0 Å². The van der Waals surface area contributed by atoms with Crippen LogP contribution in [-0.2, 0) is 17.1 Å². The summed E-state index contributed by atoms with van der Waals surface area (Å²) in [7, 11) is 3.34. The normalized spacial score (nSPS) is 24.4. The van der Waals surface area contributed by atoms with E-state index in [0.717, 1.165) is 11.1 Å². The second kappa shape index (κ2) is 11.0. The van der Waals surface area contributed by atoms with Gasteiger partial charge >= 0.3 is 18.4 Å². The lowest BCUT2D eigenvalue weighted by Gasteiger charge is -2.41. The van der Waals surface area contributed by atoms with Crippen LogP contribution in [0, 0.1) is 18.8 Å². The van der Waals surface area contributed by atoms with E-state index in [1.165, 1.54) is 4.90 Å². The Morgan fingerprint density at radius 2 is 1.64 bits per heavy atom. The molecule has 1 aliphatic carbocycles. The van der Waals surface area contributed by atoms with E-state index in [4.69, 9.17) is 4.74 Å². The number of hydrogen-bond acceptors (Lipinski definition) is 3. The minimum atomic E-state index is -5.01. The average molecular weight is 559 g/mol. The van der Waals surface area contributed by atoms with Gasteiger partial charge in [-0.05, 0) is 66.5 Å². The molecule has 0 radical (unpaired) electrons. The van der Waals surface area contributed by atoms with Crippen LogP contribution in [0.25, 0.3) is 0 Å². The lowest BCUT2D eigenvalue weighted by atomic mass is 9.68. The Hall–Kier alpha value is -2.79. The molecular weight excluding hydrogens is 526 g/mol. The lowest BCUT2D eigenvalue weighted by molar-refractivity contribution is -0.143. The van der Waals surface area contributed by atoms with Gasteiger partial charge in [0, 0.05) is 33.1 Å². The molecule has 1 N–H and O–H groups in total. The fraction of sp³-hybridized carbons (Fsp3) is 0.536. The van der Waals surface area contributed by atoms with Gasteiger partial charge in [0.15, 0.2) is 0 Å². The number of aliphatic hydroxyl groups excluding tert-OH is 1. The minimum absolute atomic E-state index is 0.0275. The maximum Gasteiger partial charge on any atom is 0.416 e. The quantitative estimate of drug-likeness (QED) is 0.441. The number of carbonyl (C=O) groups excluding carboxylic acids is 1. The maximum atomic E-state index is 13.5. The van der Waals surface area contributed by atoms with Gasteiger partial charge in [0.05, 0.1) is 23.8 Å². The molecular formula is C28H32F6N2O3. The summed E-state index contributed by atoms with van der Waals surface area (Å²) in [4.78, 5) is 16.0. The second-order valence-electron chi connectivity index (χ2n) is 10.7. The average Bonchev–Trinajstić information content (AvgIpc) is 3.30. The second-order valence-corrected chi connectivity index (χ2v) is 10.7. The molecule has 2 amide bonds. The van der Waals surface area contributed by atoms with E-state index in [1.807, 2.05) is 31.2 Å². The highest BCUT2D eigenvalue weighted by molar-refractivity contribution is 5.74. The molecule has 1 heterocycles. The van der Waals surface area contributed by atoms with Crippen LogP contribution in [0.15, 0.2) is 42.5 Å². The Labute approximate surface area is 223 Å². The van der Waals surface area contributed by atoms with Crippen LogP contribution in [-0.4, -0.2) is 60.8 Å². The van der Waals surface area contributed by atoms with E-state index in [2.05, 4.69) is 0 Å². The molecule has 2 aliphatic rings. The smallest absolute Gasteiger partial charge is 0.393 e. The Morgan fingerprint density at radius 3 is 2.18 bits per heavy atom. The minimum Gasteiger partial charge on any atom is -0.393 e. The monoisotopic (exact) mass is 558 g/mol. The number of aliphatic hydroxyl groups is 1. The predicted octanol–water partition coefficient (Wildman–Crippen LogP) is 6.26. The molecule has 4 rings (SSSR count). The van der Waals surface area contributed by atoms with E-state index in [1.54, 1.807) is 19.0 Å². The van der Waals surface area contributed by atoms with Gasteiger partial charge in [0.1, 0.15) is 6.10 Å². The van der Waals surface area contributed by atoms with Crippen LogP contribution in [0.2, 0.25) is 0 Å². The van der Waals surface area contributed by atoms with Crippen molar-refractivity contribution in [2.75, 3.05) is 33.8 Å². The number of urea groups is 1. The molecule has 0 spiro atoms. The third-order valence-corrected chi connectivity index (χ3v) is 7.86. The number of halogens is 6. The van der Waals surface area contributed by atoms with Gasteiger partial charge in [-0.2, -0.15) is 26.3 Å². The SMILES string of the molecule is Cc1ccccc1[C@H]1[C@@H]2CN(C(=O)N(C)C)C[C@H]2CC[C@@H]1OC(CO)c1cc(C(F)(F)F)cc(C(F)(F)F)c1. The van der Waals surface area contributed by atoms with Gasteiger partial charge in [0.25, 0.3) is 0 Å². The van der Waals surface area contributed by atoms with Gasteiger partial charge in [-0.15, -0.1) is 0 Å². The van der Waals surface area contributed by atoms with Crippen molar-refractivity contribution >= 4 is 6.03 Å². The highest BCUT2D eigenvalue weighted by atomic mass is 19.4. The first kappa shape index (κ1) is 29.2. The van der Waals surface area contributed by atoms with E-state index in [0.29, 0.717) is 38.1 Å². The molecule has 1 aliphatic heterocycles. The van der Waals surface area contributed by atoms with Crippen molar-refractivity contribution < 1.29 is 41.0 Å². The maximum absolute atomic E-state index is 13.5. The molecule has 0 aromatic heterocycles. The van der Waals surface area contributed by atoms with Gasteiger partial charge in [-0.1, -0.05) is 24.3 Å². The van der Waals surface area contributed by atoms with Crippen molar-refractivity contribution in [1.29, 1.82) is 0 Å². The van der Waals surface area contributed by atoms with Crippen LogP contribution in [0.1, 0.15) is 52.7 Å². The van der Waals surface area contributed by atoms with Crippen molar-refractivity contribution in [3.63, 3.8) is 0 Å². The summed E-state index contributed by atoms with van der Waals surface area (Å²) in [5.74, 6) is -0.136.